The highest BCUT2D eigenvalue weighted by Gasteiger charge is 2.19. The molecule has 2 nitrogen and oxygen atoms in total. The van der Waals surface area contributed by atoms with E-state index >= 15 is 0 Å². The molecule has 1 aliphatic rings. The van der Waals surface area contributed by atoms with Gasteiger partial charge in [-0.1, -0.05) is 18.6 Å². The third-order valence-corrected chi connectivity index (χ3v) is 4.83. The molecular weight excluding hydrogens is 266 g/mol. The third kappa shape index (κ3) is 7.26. The lowest BCUT2D eigenvalue weighted by atomic mass is 9.84. The van der Waals surface area contributed by atoms with Crippen molar-refractivity contribution in [2.45, 2.75) is 70.3 Å². The molecule has 0 spiro atoms. The summed E-state index contributed by atoms with van der Waals surface area (Å²) in [5, 5.41) is 9.49. The van der Waals surface area contributed by atoms with Gasteiger partial charge in [0, 0.05) is 20.0 Å². The molecule has 1 saturated carbocycles. The van der Waals surface area contributed by atoms with Crippen molar-refractivity contribution in [1.82, 2.24) is 4.90 Å². The average molecular weight is 295 g/mol. The summed E-state index contributed by atoms with van der Waals surface area (Å²) in [5.74, 6) is 3.48. The fraction of sp³-hybridized carbons (Fsp3) is 0.824. The maximum atomic E-state index is 9.49. The molecule has 0 aliphatic heterocycles. The molecule has 0 aromatic heterocycles. The van der Waals surface area contributed by atoms with E-state index in [9.17, 15) is 5.11 Å². The second kappa shape index (κ2) is 10.2. The molecule has 0 heterocycles. The molecule has 0 amide bonds. The highest BCUT2D eigenvalue weighted by atomic mass is 32.1. The first-order valence-electron chi connectivity index (χ1n) is 7.99. The second-order valence-corrected chi connectivity index (χ2v) is 6.51. The fourth-order valence-corrected chi connectivity index (χ4v) is 3.10. The van der Waals surface area contributed by atoms with Gasteiger partial charge in [0.2, 0.25) is 0 Å². The van der Waals surface area contributed by atoms with Gasteiger partial charge in [0.25, 0.3) is 0 Å². The van der Waals surface area contributed by atoms with Crippen LogP contribution in [0, 0.1) is 18.3 Å². The zero-order valence-corrected chi connectivity index (χ0v) is 13.6. The molecule has 20 heavy (non-hydrogen) atoms. The summed E-state index contributed by atoms with van der Waals surface area (Å²) >= 11 is 5.49. The van der Waals surface area contributed by atoms with Crippen molar-refractivity contribution in [1.29, 1.82) is 0 Å². The van der Waals surface area contributed by atoms with Crippen LogP contribution < -0.4 is 0 Å². The zero-order valence-electron chi connectivity index (χ0n) is 12.8. The van der Waals surface area contributed by atoms with Gasteiger partial charge in [-0.25, -0.2) is 0 Å². The molecule has 0 aromatic rings. The van der Waals surface area contributed by atoms with Crippen molar-refractivity contribution < 1.29 is 5.11 Å². The van der Waals surface area contributed by atoms with Gasteiger partial charge in [-0.15, -0.1) is 12.3 Å². The summed E-state index contributed by atoms with van der Waals surface area (Å²) in [6.07, 6.45) is 16.1. The maximum absolute atomic E-state index is 9.49. The monoisotopic (exact) mass is 295 g/mol. The number of aliphatic hydroxyl groups is 1. The van der Waals surface area contributed by atoms with Crippen molar-refractivity contribution in [2.24, 2.45) is 5.92 Å². The van der Waals surface area contributed by atoms with Crippen LogP contribution in [0.3, 0.4) is 0 Å². The Hall–Kier alpha value is -0.590. The summed E-state index contributed by atoms with van der Waals surface area (Å²) in [5.41, 5.74) is 0. The van der Waals surface area contributed by atoms with E-state index in [-0.39, 0.29) is 6.10 Å². The lowest BCUT2D eigenvalue weighted by molar-refractivity contribution is 0.106. The van der Waals surface area contributed by atoms with Crippen LogP contribution in [-0.2, 0) is 0 Å². The highest BCUT2D eigenvalue weighted by molar-refractivity contribution is 7.80. The van der Waals surface area contributed by atoms with Crippen molar-refractivity contribution >= 4 is 17.2 Å². The average Bonchev–Trinajstić information content (AvgIpc) is 2.45. The van der Waals surface area contributed by atoms with Crippen LogP contribution in [0.15, 0.2) is 0 Å². The Balaban J connectivity index is 2.05. The Morgan fingerprint density at radius 1 is 1.25 bits per heavy atom. The molecule has 1 rings (SSSR count). The summed E-state index contributed by atoms with van der Waals surface area (Å²) in [4.78, 5) is 3.29. The Labute approximate surface area is 129 Å². The van der Waals surface area contributed by atoms with E-state index < -0.39 is 0 Å². The Morgan fingerprint density at radius 2 is 1.95 bits per heavy atom. The molecule has 3 heteroatoms. The Kier molecular flexibility index (Phi) is 8.89. The molecule has 0 radical (unpaired) electrons. The fourth-order valence-electron chi connectivity index (χ4n) is 2.87. The van der Waals surface area contributed by atoms with Gasteiger partial charge in [0.05, 0.1) is 11.1 Å². The summed E-state index contributed by atoms with van der Waals surface area (Å²) in [6.45, 7) is 1.02. The molecule has 0 bridgehead atoms. The number of hydrogen-bond donors (Lipinski definition) is 1. The van der Waals surface area contributed by atoms with E-state index in [0.29, 0.717) is 0 Å². The van der Waals surface area contributed by atoms with Crippen LogP contribution >= 0.6 is 12.2 Å². The molecule has 114 valence electrons. The number of hydrogen-bond acceptors (Lipinski definition) is 2. The first-order chi connectivity index (χ1) is 9.63. The number of terminal acetylenes is 1. The summed E-state index contributed by atoms with van der Waals surface area (Å²) in [6, 6.07) is 0. The topological polar surface area (TPSA) is 23.5 Å². The van der Waals surface area contributed by atoms with Crippen molar-refractivity contribution in [2.75, 3.05) is 13.6 Å². The molecule has 1 fully saturated rings. The van der Waals surface area contributed by atoms with Gasteiger partial charge >= 0.3 is 0 Å². The molecule has 1 aliphatic carbocycles. The number of rotatable bonds is 8. The minimum atomic E-state index is -0.0403. The van der Waals surface area contributed by atoms with Gasteiger partial charge in [0.15, 0.2) is 0 Å². The van der Waals surface area contributed by atoms with Crippen LogP contribution in [0.4, 0.5) is 0 Å². The number of unbranched alkanes of at least 4 members (excludes halogenated alkanes) is 2. The summed E-state index contributed by atoms with van der Waals surface area (Å²) in [7, 11) is 2.09. The van der Waals surface area contributed by atoms with Gasteiger partial charge in [-0.2, -0.15) is 0 Å². The van der Waals surface area contributed by atoms with Gasteiger partial charge in [0.1, 0.15) is 0 Å². The quantitative estimate of drug-likeness (QED) is 0.419. The standard InChI is InChI=1S/C17H29NOS/c1-3-4-5-6-14-18(2)17(20)9-7-8-15-10-12-16(19)13-11-15/h1,15-16,19H,4-14H2,2H3. The van der Waals surface area contributed by atoms with E-state index in [2.05, 4.69) is 17.9 Å². The minimum Gasteiger partial charge on any atom is -0.393 e. The van der Waals surface area contributed by atoms with Crippen molar-refractivity contribution in [3.8, 4) is 12.3 Å². The van der Waals surface area contributed by atoms with Crippen LogP contribution in [0.25, 0.3) is 0 Å². The van der Waals surface area contributed by atoms with Crippen molar-refractivity contribution in [3.05, 3.63) is 0 Å². The molecule has 0 unspecified atom stereocenters. The molecule has 0 aromatic carbocycles. The Morgan fingerprint density at radius 3 is 2.60 bits per heavy atom. The first kappa shape index (κ1) is 17.5. The van der Waals surface area contributed by atoms with Crippen LogP contribution in [0.5, 0.6) is 0 Å². The van der Waals surface area contributed by atoms with E-state index in [1.807, 2.05) is 0 Å². The van der Waals surface area contributed by atoms with E-state index in [1.165, 1.54) is 25.7 Å². The highest BCUT2D eigenvalue weighted by Crippen LogP contribution is 2.28. The predicted octanol–water partition coefficient (Wildman–Crippen LogP) is 3.77. The number of thiocarbonyl (C=S) groups is 1. The van der Waals surface area contributed by atoms with Gasteiger partial charge < -0.3 is 10.0 Å². The predicted molar refractivity (Wildman–Crippen MR) is 89.7 cm³/mol. The zero-order chi connectivity index (χ0) is 14.8. The molecule has 0 saturated heterocycles. The van der Waals surface area contributed by atoms with E-state index in [4.69, 9.17) is 18.6 Å². The maximum Gasteiger partial charge on any atom is 0.0776 e. The molecule has 1 N–H and O–H groups in total. The van der Waals surface area contributed by atoms with E-state index in [1.54, 1.807) is 0 Å². The summed E-state index contributed by atoms with van der Waals surface area (Å²) < 4.78 is 0. The van der Waals surface area contributed by atoms with E-state index in [0.717, 1.165) is 56.0 Å². The third-order valence-electron chi connectivity index (χ3n) is 4.31. The van der Waals surface area contributed by atoms with Crippen LogP contribution in [0.2, 0.25) is 0 Å². The SMILES string of the molecule is C#CCCCCN(C)C(=S)CCCC1CCC(O)CC1. The normalized spacial score (nSPS) is 22.2. The second-order valence-electron chi connectivity index (χ2n) is 6.04. The largest absolute Gasteiger partial charge is 0.393 e. The Bertz CT molecular complexity index is 315. The minimum absolute atomic E-state index is 0.0403. The number of aliphatic hydroxyl groups excluding tert-OH is 1. The molecule has 0 atom stereocenters. The van der Waals surface area contributed by atoms with Crippen molar-refractivity contribution in [3.63, 3.8) is 0 Å². The molecular formula is C17H29NOS. The number of nitrogens with zero attached hydrogens (tertiary/aromatic N) is 1. The smallest absolute Gasteiger partial charge is 0.0776 e. The van der Waals surface area contributed by atoms with Gasteiger partial charge in [-0.05, 0) is 57.3 Å². The van der Waals surface area contributed by atoms with Crippen LogP contribution in [0.1, 0.15) is 64.2 Å². The van der Waals surface area contributed by atoms with Crippen LogP contribution in [-0.4, -0.2) is 34.7 Å². The first-order valence-corrected chi connectivity index (χ1v) is 8.39. The lowest BCUT2D eigenvalue weighted by Gasteiger charge is -2.26. The lowest BCUT2D eigenvalue weighted by Crippen LogP contribution is -2.26. The van der Waals surface area contributed by atoms with Gasteiger partial charge in [-0.3, -0.25) is 0 Å².